The van der Waals surface area contributed by atoms with Crippen molar-refractivity contribution in [2.24, 2.45) is 4.99 Å². The summed E-state index contributed by atoms with van der Waals surface area (Å²) in [5.41, 5.74) is 2.69. The predicted octanol–water partition coefficient (Wildman–Crippen LogP) is 3.78. The van der Waals surface area contributed by atoms with E-state index in [0.29, 0.717) is 54.3 Å². The highest BCUT2D eigenvalue weighted by atomic mass is 127. The molecule has 1 amide bonds. The Morgan fingerprint density at radius 1 is 1.12 bits per heavy atom. The van der Waals surface area contributed by atoms with Gasteiger partial charge >= 0.3 is 0 Å². The molecule has 0 spiro atoms. The highest BCUT2D eigenvalue weighted by Crippen LogP contribution is 2.38. The van der Waals surface area contributed by atoms with Crippen LogP contribution in [0.1, 0.15) is 34.8 Å². The van der Waals surface area contributed by atoms with Gasteiger partial charge < -0.3 is 25.4 Å². The molecule has 3 rings (SSSR count). The summed E-state index contributed by atoms with van der Waals surface area (Å²) in [6.45, 7) is 5.13. The molecule has 0 atom stereocenters. The molecule has 0 unspecified atom stereocenters. The Labute approximate surface area is 211 Å². The molecular weight excluding hydrogens is 543 g/mol. The number of nitrogens with zero attached hydrogens (tertiary/aromatic N) is 1. The van der Waals surface area contributed by atoms with Gasteiger partial charge in [-0.15, -0.1) is 24.0 Å². The monoisotopic (exact) mass is 572 g/mol. The zero-order chi connectivity index (χ0) is 22.1. The maximum atomic E-state index is 11.8. The van der Waals surface area contributed by atoms with Gasteiger partial charge in [-0.05, 0) is 48.7 Å². The number of hydrogen-bond donors (Lipinski definition) is 3. The normalized spacial score (nSPS) is 12.9. The molecular formula is C23H30ClIN4O3. The lowest BCUT2D eigenvalue weighted by molar-refractivity contribution is 0.0963. The van der Waals surface area contributed by atoms with E-state index >= 15 is 0 Å². The van der Waals surface area contributed by atoms with E-state index < -0.39 is 0 Å². The predicted molar refractivity (Wildman–Crippen MR) is 139 cm³/mol. The Morgan fingerprint density at radius 3 is 2.72 bits per heavy atom. The molecule has 7 nitrogen and oxygen atoms in total. The molecule has 1 heterocycles. The van der Waals surface area contributed by atoms with E-state index in [0.717, 1.165) is 30.5 Å². The van der Waals surface area contributed by atoms with Crippen molar-refractivity contribution in [3.63, 3.8) is 0 Å². The van der Waals surface area contributed by atoms with E-state index in [4.69, 9.17) is 21.1 Å². The van der Waals surface area contributed by atoms with E-state index in [1.54, 1.807) is 7.05 Å². The van der Waals surface area contributed by atoms with E-state index in [1.165, 1.54) is 0 Å². The SMILES string of the molecule is CCNC(=NCc1cc(Cl)c2c(c1)OCCCO2)NCCc1cccc(C(=O)NC)c1.I. The third-order valence-corrected chi connectivity index (χ3v) is 5.03. The van der Waals surface area contributed by atoms with Crippen molar-refractivity contribution >= 4 is 47.4 Å². The van der Waals surface area contributed by atoms with Gasteiger partial charge in [0.25, 0.3) is 5.91 Å². The molecule has 174 valence electrons. The van der Waals surface area contributed by atoms with Crippen LogP contribution < -0.4 is 25.4 Å². The van der Waals surface area contributed by atoms with Crippen molar-refractivity contribution in [2.75, 3.05) is 33.4 Å². The van der Waals surface area contributed by atoms with Crippen LogP contribution in [0.5, 0.6) is 11.5 Å². The van der Waals surface area contributed by atoms with E-state index in [1.807, 2.05) is 43.3 Å². The molecule has 0 saturated heterocycles. The Balaban J connectivity index is 0.00000363. The van der Waals surface area contributed by atoms with Crippen LogP contribution in [0.4, 0.5) is 0 Å². The van der Waals surface area contributed by atoms with Gasteiger partial charge in [0.15, 0.2) is 17.5 Å². The first-order valence-electron chi connectivity index (χ1n) is 10.5. The molecule has 0 saturated carbocycles. The van der Waals surface area contributed by atoms with Crippen LogP contribution in [-0.4, -0.2) is 45.2 Å². The number of amides is 1. The number of guanidine groups is 1. The highest BCUT2D eigenvalue weighted by Gasteiger charge is 2.15. The quantitative estimate of drug-likeness (QED) is 0.267. The Morgan fingerprint density at radius 2 is 1.94 bits per heavy atom. The Hall–Kier alpha value is -2.20. The van der Waals surface area contributed by atoms with Gasteiger partial charge in [0.2, 0.25) is 0 Å². The van der Waals surface area contributed by atoms with Crippen LogP contribution in [0.25, 0.3) is 0 Å². The number of benzene rings is 2. The van der Waals surface area contributed by atoms with Crippen molar-refractivity contribution in [3.8, 4) is 11.5 Å². The number of carbonyl (C=O) groups excluding carboxylic acids is 1. The van der Waals surface area contributed by atoms with Crippen molar-refractivity contribution in [2.45, 2.75) is 26.3 Å². The first kappa shape index (κ1) is 26.1. The molecule has 0 aliphatic carbocycles. The summed E-state index contributed by atoms with van der Waals surface area (Å²) >= 11 is 6.38. The fourth-order valence-electron chi connectivity index (χ4n) is 3.23. The van der Waals surface area contributed by atoms with Gasteiger partial charge in [0.05, 0.1) is 24.8 Å². The summed E-state index contributed by atoms with van der Waals surface area (Å²) in [4.78, 5) is 16.5. The van der Waals surface area contributed by atoms with Crippen LogP contribution in [0.3, 0.4) is 0 Å². The fraction of sp³-hybridized carbons (Fsp3) is 0.391. The number of fused-ring (bicyclic) bond motifs is 1. The molecule has 0 fully saturated rings. The lowest BCUT2D eigenvalue weighted by atomic mass is 10.1. The molecule has 0 radical (unpaired) electrons. The summed E-state index contributed by atoms with van der Waals surface area (Å²) in [5, 5.41) is 9.78. The minimum absolute atomic E-state index is 0. The number of halogens is 2. The van der Waals surface area contributed by atoms with Gasteiger partial charge in [-0.3, -0.25) is 4.79 Å². The molecule has 32 heavy (non-hydrogen) atoms. The maximum Gasteiger partial charge on any atom is 0.251 e. The molecule has 1 aliphatic rings. The summed E-state index contributed by atoms with van der Waals surface area (Å²) in [5.74, 6) is 1.91. The second kappa shape index (κ2) is 13.4. The topological polar surface area (TPSA) is 84.0 Å². The number of nitrogens with one attached hydrogen (secondary N) is 3. The second-order valence-corrected chi connectivity index (χ2v) is 7.51. The molecule has 0 aromatic heterocycles. The average molecular weight is 573 g/mol. The first-order valence-corrected chi connectivity index (χ1v) is 10.9. The summed E-state index contributed by atoms with van der Waals surface area (Å²) in [7, 11) is 1.63. The smallest absolute Gasteiger partial charge is 0.251 e. The zero-order valence-electron chi connectivity index (χ0n) is 18.4. The number of ether oxygens (including phenoxy) is 2. The van der Waals surface area contributed by atoms with Gasteiger partial charge in [-0.25, -0.2) is 4.99 Å². The van der Waals surface area contributed by atoms with Gasteiger partial charge in [-0.1, -0.05) is 23.7 Å². The van der Waals surface area contributed by atoms with E-state index in [-0.39, 0.29) is 29.9 Å². The van der Waals surface area contributed by atoms with Crippen LogP contribution in [-0.2, 0) is 13.0 Å². The minimum Gasteiger partial charge on any atom is -0.489 e. The first-order chi connectivity index (χ1) is 15.1. The summed E-state index contributed by atoms with van der Waals surface area (Å²) < 4.78 is 11.4. The second-order valence-electron chi connectivity index (χ2n) is 7.11. The largest absolute Gasteiger partial charge is 0.489 e. The number of carbonyl (C=O) groups is 1. The summed E-state index contributed by atoms with van der Waals surface area (Å²) in [6.07, 6.45) is 1.60. The van der Waals surface area contributed by atoms with Gasteiger partial charge in [0.1, 0.15) is 0 Å². The highest BCUT2D eigenvalue weighted by molar-refractivity contribution is 14.0. The van der Waals surface area contributed by atoms with Crippen molar-refractivity contribution < 1.29 is 14.3 Å². The van der Waals surface area contributed by atoms with E-state index in [9.17, 15) is 4.79 Å². The van der Waals surface area contributed by atoms with Crippen LogP contribution in [0, 0.1) is 0 Å². The lowest BCUT2D eigenvalue weighted by Gasteiger charge is -2.13. The van der Waals surface area contributed by atoms with E-state index in [2.05, 4.69) is 20.9 Å². The maximum absolute atomic E-state index is 11.8. The minimum atomic E-state index is -0.0847. The number of aliphatic imine (C=N–C) groups is 1. The van der Waals surface area contributed by atoms with Crippen molar-refractivity contribution in [3.05, 3.63) is 58.1 Å². The molecule has 2 aromatic rings. The fourth-order valence-corrected chi connectivity index (χ4v) is 3.51. The van der Waals surface area contributed by atoms with Gasteiger partial charge in [-0.2, -0.15) is 0 Å². The Bertz CT molecular complexity index is 939. The zero-order valence-corrected chi connectivity index (χ0v) is 21.5. The van der Waals surface area contributed by atoms with Crippen molar-refractivity contribution in [1.82, 2.24) is 16.0 Å². The third-order valence-electron chi connectivity index (χ3n) is 4.75. The molecule has 2 aromatic carbocycles. The van der Waals surface area contributed by atoms with Crippen LogP contribution in [0.15, 0.2) is 41.4 Å². The van der Waals surface area contributed by atoms with Crippen molar-refractivity contribution in [1.29, 1.82) is 0 Å². The third kappa shape index (κ3) is 7.44. The van der Waals surface area contributed by atoms with Crippen LogP contribution in [0.2, 0.25) is 5.02 Å². The summed E-state index contributed by atoms with van der Waals surface area (Å²) in [6, 6.07) is 11.4. The number of rotatable bonds is 7. The molecule has 0 bridgehead atoms. The molecule has 9 heteroatoms. The molecule has 1 aliphatic heterocycles. The lowest BCUT2D eigenvalue weighted by Crippen LogP contribution is -2.38. The molecule has 3 N–H and O–H groups in total. The number of hydrogen-bond acceptors (Lipinski definition) is 4. The van der Waals surface area contributed by atoms with Crippen LogP contribution >= 0.6 is 35.6 Å². The standard InChI is InChI=1S/C23H29ClN4O3.HI/c1-3-26-23(27-9-8-16-6-4-7-18(12-16)22(29)25-2)28-15-17-13-19(24)21-20(14-17)30-10-5-11-31-21;/h4,6-7,12-14H,3,5,8-11,15H2,1-2H3,(H,25,29)(H2,26,27,28);1H. The van der Waals surface area contributed by atoms with Gasteiger partial charge in [0, 0.05) is 32.1 Å². The Kier molecular flexibility index (Phi) is 10.9. The average Bonchev–Trinajstić information content (AvgIpc) is 3.03.